The molecule has 0 bridgehead atoms. The predicted octanol–water partition coefficient (Wildman–Crippen LogP) is 6.12. The Kier molecular flexibility index (Phi) is 26.0. The fourth-order valence-electron chi connectivity index (χ4n) is 3.19. The summed E-state index contributed by atoms with van der Waals surface area (Å²) in [6, 6.07) is 0. The Bertz CT molecular complexity index is 464. The maximum Gasteiger partial charge on any atom is 0.305 e. The van der Waals surface area contributed by atoms with Gasteiger partial charge in [0.1, 0.15) is 19.5 Å². The van der Waals surface area contributed by atoms with E-state index in [9.17, 15) is 9.90 Å². The third-order valence-electron chi connectivity index (χ3n) is 5.28. The highest BCUT2D eigenvalue weighted by atomic mass is 16.7. The summed E-state index contributed by atoms with van der Waals surface area (Å²) in [5.41, 5.74) is 0. The van der Waals surface area contributed by atoms with Gasteiger partial charge in [0, 0.05) is 13.5 Å². The van der Waals surface area contributed by atoms with Gasteiger partial charge in [0.15, 0.2) is 0 Å². The van der Waals surface area contributed by atoms with Gasteiger partial charge >= 0.3 is 5.97 Å². The first kappa shape index (κ1) is 31.8. The molecule has 0 radical (unpaired) electrons. The standard InChI is InChI=1S/C27H50O6/c1-3-4-5-6-7-8-9-10-11-12-13-14-15-16-17-18-19-20-27(29)32-24-26(23-28)33-25-31-22-21-30-2/h7-8,10-11,26,28H,3-6,9,12-25H2,1-2H3/b8-7-,11-10-. The number of rotatable bonds is 25. The first-order valence-electron chi connectivity index (χ1n) is 13.0. The maximum absolute atomic E-state index is 11.8. The zero-order chi connectivity index (χ0) is 24.2. The summed E-state index contributed by atoms with van der Waals surface area (Å²) in [6.07, 6.45) is 24.5. The Hall–Kier alpha value is -1.21. The maximum atomic E-state index is 11.8. The molecule has 6 nitrogen and oxygen atoms in total. The number of hydrogen-bond donors (Lipinski definition) is 1. The van der Waals surface area contributed by atoms with Crippen molar-refractivity contribution in [3.8, 4) is 0 Å². The molecule has 0 fully saturated rings. The number of carbonyl (C=O) groups excluding carboxylic acids is 1. The Balaban J connectivity index is 3.43. The third kappa shape index (κ3) is 25.3. The molecule has 0 aliphatic carbocycles. The van der Waals surface area contributed by atoms with E-state index >= 15 is 0 Å². The fourth-order valence-corrected chi connectivity index (χ4v) is 3.19. The Morgan fingerprint density at radius 3 is 2.12 bits per heavy atom. The zero-order valence-corrected chi connectivity index (χ0v) is 21.3. The number of esters is 1. The van der Waals surface area contributed by atoms with E-state index < -0.39 is 6.10 Å². The van der Waals surface area contributed by atoms with Gasteiger partial charge in [-0.25, -0.2) is 0 Å². The quantitative estimate of drug-likeness (QED) is 0.0750. The van der Waals surface area contributed by atoms with Crippen molar-refractivity contribution in [2.24, 2.45) is 0 Å². The van der Waals surface area contributed by atoms with Gasteiger partial charge in [0.2, 0.25) is 0 Å². The molecule has 6 heteroatoms. The van der Waals surface area contributed by atoms with Crippen LogP contribution in [0, 0.1) is 0 Å². The number of allylic oxidation sites excluding steroid dienone is 4. The first-order chi connectivity index (χ1) is 16.2. The van der Waals surface area contributed by atoms with Gasteiger partial charge in [-0.1, -0.05) is 76.2 Å². The number of hydrogen-bond acceptors (Lipinski definition) is 6. The lowest BCUT2D eigenvalue weighted by Crippen LogP contribution is -2.27. The summed E-state index contributed by atoms with van der Waals surface area (Å²) in [5, 5.41) is 9.27. The predicted molar refractivity (Wildman–Crippen MR) is 134 cm³/mol. The minimum absolute atomic E-state index is 0.0406. The van der Waals surface area contributed by atoms with Crippen LogP contribution in [-0.4, -0.2) is 57.5 Å². The second kappa shape index (κ2) is 27.0. The molecule has 0 aromatic heterocycles. The summed E-state index contributed by atoms with van der Waals surface area (Å²) in [5.74, 6) is -0.236. The Morgan fingerprint density at radius 2 is 1.48 bits per heavy atom. The van der Waals surface area contributed by atoms with Crippen LogP contribution in [0.1, 0.15) is 96.8 Å². The van der Waals surface area contributed by atoms with Crippen LogP contribution in [0.15, 0.2) is 24.3 Å². The molecule has 0 heterocycles. The molecule has 0 aliphatic rings. The Labute approximate surface area is 202 Å². The summed E-state index contributed by atoms with van der Waals surface area (Å²) in [6.45, 7) is 3.02. The topological polar surface area (TPSA) is 74.2 Å². The molecule has 0 aromatic carbocycles. The molecule has 0 aliphatic heterocycles. The number of aliphatic hydroxyl groups is 1. The van der Waals surface area contributed by atoms with Crippen LogP contribution in [0.25, 0.3) is 0 Å². The summed E-state index contributed by atoms with van der Waals surface area (Å²) in [7, 11) is 1.59. The molecule has 1 N–H and O–H groups in total. The van der Waals surface area contributed by atoms with Crippen LogP contribution in [0.5, 0.6) is 0 Å². The molecule has 0 saturated heterocycles. The highest BCUT2D eigenvalue weighted by Gasteiger charge is 2.11. The van der Waals surface area contributed by atoms with Crippen molar-refractivity contribution >= 4 is 5.97 Å². The average Bonchev–Trinajstić information content (AvgIpc) is 2.82. The molecule has 0 rings (SSSR count). The fraction of sp³-hybridized carbons (Fsp3) is 0.815. The summed E-state index contributed by atoms with van der Waals surface area (Å²) in [4.78, 5) is 11.8. The van der Waals surface area contributed by atoms with Crippen LogP contribution < -0.4 is 0 Å². The molecule has 0 amide bonds. The van der Waals surface area contributed by atoms with E-state index in [0.29, 0.717) is 19.6 Å². The van der Waals surface area contributed by atoms with Gasteiger partial charge in [-0.3, -0.25) is 4.79 Å². The molecule has 1 unspecified atom stereocenters. The monoisotopic (exact) mass is 470 g/mol. The smallest absolute Gasteiger partial charge is 0.305 e. The lowest BCUT2D eigenvalue weighted by molar-refractivity contribution is -0.157. The van der Waals surface area contributed by atoms with E-state index in [1.807, 2.05) is 0 Å². The zero-order valence-electron chi connectivity index (χ0n) is 21.3. The van der Waals surface area contributed by atoms with Crippen molar-refractivity contribution in [3.05, 3.63) is 24.3 Å². The van der Waals surface area contributed by atoms with Gasteiger partial charge in [-0.15, -0.1) is 0 Å². The molecule has 0 spiro atoms. The molecule has 0 saturated carbocycles. The van der Waals surface area contributed by atoms with Crippen LogP contribution in [0.2, 0.25) is 0 Å². The van der Waals surface area contributed by atoms with E-state index in [0.717, 1.165) is 25.7 Å². The molecular formula is C27H50O6. The molecule has 194 valence electrons. The van der Waals surface area contributed by atoms with Crippen LogP contribution in [0.3, 0.4) is 0 Å². The van der Waals surface area contributed by atoms with Crippen molar-refractivity contribution < 1.29 is 28.8 Å². The van der Waals surface area contributed by atoms with Crippen LogP contribution >= 0.6 is 0 Å². The van der Waals surface area contributed by atoms with Crippen molar-refractivity contribution in [3.63, 3.8) is 0 Å². The minimum Gasteiger partial charge on any atom is -0.463 e. The van der Waals surface area contributed by atoms with E-state index in [1.54, 1.807) is 7.11 Å². The second-order valence-corrected chi connectivity index (χ2v) is 8.36. The summed E-state index contributed by atoms with van der Waals surface area (Å²) < 4.78 is 20.5. The highest BCUT2D eigenvalue weighted by Crippen LogP contribution is 2.11. The number of carbonyl (C=O) groups is 1. The van der Waals surface area contributed by atoms with E-state index in [4.69, 9.17) is 18.9 Å². The lowest BCUT2D eigenvalue weighted by Gasteiger charge is -2.15. The van der Waals surface area contributed by atoms with Gasteiger partial charge in [0.05, 0.1) is 19.8 Å². The summed E-state index contributed by atoms with van der Waals surface area (Å²) >= 11 is 0. The van der Waals surface area contributed by atoms with Gasteiger partial charge in [-0.2, -0.15) is 0 Å². The van der Waals surface area contributed by atoms with E-state index in [-0.39, 0.29) is 26.0 Å². The van der Waals surface area contributed by atoms with Crippen molar-refractivity contribution in [1.29, 1.82) is 0 Å². The van der Waals surface area contributed by atoms with Crippen molar-refractivity contribution in [2.75, 3.05) is 40.3 Å². The second-order valence-electron chi connectivity index (χ2n) is 8.36. The first-order valence-corrected chi connectivity index (χ1v) is 13.0. The number of aliphatic hydroxyl groups excluding tert-OH is 1. The van der Waals surface area contributed by atoms with Gasteiger partial charge in [0.25, 0.3) is 0 Å². The number of methoxy groups -OCH3 is 1. The third-order valence-corrected chi connectivity index (χ3v) is 5.28. The van der Waals surface area contributed by atoms with Crippen molar-refractivity contribution in [1.82, 2.24) is 0 Å². The van der Waals surface area contributed by atoms with Crippen LogP contribution in [0.4, 0.5) is 0 Å². The SMILES string of the molecule is CCCCC/C=C\C/C=C\CCCCCCCCCC(=O)OCC(CO)OCOCCOC. The number of unbranched alkanes of at least 4 members (excludes halogenated alkanes) is 10. The van der Waals surface area contributed by atoms with Gasteiger partial charge < -0.3 is 24.1 Å². The Morgan fingerprint density at radius 1 is 0.848 bits per heavy atom. The molecule has 0 aromatic rings. The van der Waals surface area contributed by atoms with Gasteiger partial charge in [-0.05, 0) is 38.5 Å². The minimum atomic E-state index is -0.557. The average molecular weight is 471 g/mol. The molecule has 1 atom stereocenters. The van der Waals surface area contributed by atoms with Crippen LogP contribution in [-0.2, 0) is 23.7 Å². The number of ether oxygens (including phenoxy) is 4. The van der Waals surface area contributed by atoms with E-state index in [1.165, 1.54) is 57.8 Å². The molecule has 33 heavy (non-hydrogen) atoms. The largest absolute Gasteiger partial charge is 0.463 e. The highest BCUT2D eigenvalue weighted by molar-refractivity contribution is 5.69. The van der Waals surface area contributed by atoms with Crippen molar-refractivity contribution in [2.45, 2.75) is 103 Å². The van der Waals surface area contributed by atoms with E-state index in [2.05, 4.69) is 31.2 Å². The molecular weight excluding hydrogens is 420 g/mol. The lowest BCUT2D eigenvalue weighted by atomic mass is 10.1. The normalized spacial score (nSPS) is 12.7.